The van der Waals surface area contributed by atoms with E-state index in [1.165, 1.54) is 12.3 Å². The van der Waals surface area contributed by atoms with Crippen LogP contribution in [0, 0.1) is 17.1 Å². The molecule has 2 nitrogen and oxygen atoms in total. The van der Waals surface area contributed by atoms with E-state index < -0.39 is 0 Å². The van der Waals surface area contributed by atoms with Crippen molar-refractivity contribution in [2.24, 2.45) is 0 Å². The van der Waals surface area contributed by atoms with Crippen LogP contribution in [0.2, 0.25) is 0 Å². The maximum atomic E-state index is 13.3. The van der Waals surface area contributed by atoms with Gasteiger partial charge in [0, 0.05) is 11.1 Å². The molecule has 0 aliphatic carbocycles. The third-order valence-electron chi connectivity index (χ3n) is 2.44. The molecule has 2 aromatic rings. The van der Waals surface area contributed by atoms with E-state index in [4.69, 9.17) is 5.26 Å². The van der Waals surface area contributed by atoms with Crippen molar-refractivity contribution < 1.29 is 8.96 Å². The lowest BCUT2D eigenvalue weighted by atomic mass is 10.2. The molecule has 0 atom stereocenters. The van der Waals surface area contributed by atoms with Gasteiger partial charge in [0.2, 0.25) is 6.20 Å². The lowest BCUT2D eigenvalue weighted by molar-refractivity contribution is -0.690. The smallest absolute Gasteiger partial charge is 0.200 e. The Morgan fingerprint density at radius 1 is 1.12 bits per heavy atom. The van der Waals surface area contributed by atoms with E-state index in [2.05, 4.69) is 0 Å². The average molecular weight is 227 g/mol. The minimum absolute atomic E-state index is 0.229. The van der Waals surface area contributed by atoms with Gasteiger partial charge in [-0.25, -0.2) is 4.39 Å². The van der Waals surface area contributed by atoms with Gasteiger partial charge in [0.1, 0.15) is 0 Å². The number of rotatable bonds is 3. The van der Waals surface area contributed by atoms with E-state index in [0.717, 1.165) is 5.56 Å². The summed E-state index contributed by atoms with van der Waals surface area (Å²) in [5.41, 5.74) is 1.80. The van der Waals surface area contributed by atoms with Gasteiger partial charge >= 0.3 is 0 Å². The zero-order chi connectivity index (χ0) is 12.1. The first-order valence-corrected chi connectivity index (χ1v) is 5.37. The summed E-state index contributed by atoms with van der Waals surface area (Å²) in [6.45, 7) is 0.608. The number of hydrogen-bond donors (Lipinski definition) is 0. The van der Waals surface area contributed by atoms with Crippen molar-refractivity contribution in [3.63, 3.8) is 0 Å². The van der Waals surface area contributed by atoms with Gasteiger partial charge in [-0.3, -0.25) is 0 Å². The molecule has 1 aromatic carbocycles. The molecule has 0 spiro atoms. The Morgan fingerprint density at radius 3 is 2.59 bits per heavy atom. The normalized spacial score (nSPS) is 9.88. The molecular formula is C14H12FN2+. The molecule has 1 aromatic heterocycles. The summed E-state index contributed by atoms with van der Waals surface area (Å²) >= 11 is 0. The topological polar surface area (TPSA) is 27.7 Å². The van der Waals surface area contributed by atoms with Crippen molar-refractivity contribution in [1.82, 2.24) is 0 Å². The Kier molecular flexibility index (Phi) is 3.46. The number of pyridine rings is 1. The summed E-state index contributed by atoms with van der Waals surface area (Å²) in [7, 11) is 0. The highest BCUT2D eigenvalue weighted by Crippen LogP contribution is 2.02. The molecule has 0 saturated carbocycles. The summed E-state index contributed by atoms with van der Waals surface area (Å²) in [5.74, 6) is -0.311. The van der Waals surface area contributed by atoms with E-state index in [-0.39, 0.29) is 12.2 Å². The number of hydrogen-bond acceptors (Lipinski definition) is 1. The molecule has 0 N–H and O–H groups in total. The van der Waals surface area contributed by atoms with Gasteiger partial charge in [0.25, 0.3) is 0 Å². The molecule has 0 fully saturated rings. The van der Waals surface area contributed by atoms with Crippen molar-refractivity contribution in [2.75, 3.05) is 0 Å². The van der Waals surface area contributed by atoms with E-state index in [0.29, 0.717) is 12.1 Å². The van der Waals surface area contributed by atoms with Crippen LogP contribution in [0.15, 0.2) is 48.8 Å². The van der Waals surface area contributed by atoms with Crippen LogP contribution >= 0.6 is 0 Å². The SMILES string of the molecule is N#CCc1cc(F)c[n+](Cc2ccccc2)c1. The number of nitriles is 1. The van der Waals surface area contributed by atoms with Crippen LogP contribution in [0.4, 0.5) is 4.39 Å². The fourth-order valence-corrected chi connectivity index (χ4v) is 1.73. The Balaban J connectivity index is 2.24. The van der Waals surface area contributed by atoms with Gasteiger partial charge in [-0.1, -0.05) is 30.3 Å². The molecule has 3 heteroatoms. The molecule has 17 heavy (non-hydrogen) atoms. The largest absolute Gasteiger partial charge is 0.205 e. The van der Waals surface area contributed by atoms with Crippen LogP contribution in [-0.4, -0.2) is 0 Å². The Bertz CT molecular complexity index is 544. The number of aromatic nitrogens is 1. The first kappa shape index (κ1) is 11.3. The number of benzene rings is 1. The highest BCUT2D eigenvalue weighted by atomic mass is 19.1. The van der Waals surface area contributed by atoms with Crippen molar-refractivity contribution in [3.05, 3.63) is 65.7 Å². The van der Waals surface area contributed by atoms with Crippen molar-refractivity contribution in [1.29, 1.82) is 5.26 Å². The minimum atomic E-state index is -0.311. The summed E-state index contributed by atoms with van der Waals surface area (Å²) in [6, 6.07) is 13.2. The zero-order valence-corrected chi connectivity index (χ0v) is 9.31. The highest BCUT2D eigenvalue weighted by molar-refractivity contribution is 5.14. The molecule has 0 aliphatic heterocycles. The summed E-state index contributed by atoms with van der Waals surface area (Å²) in [4.78, 5) is 0. The molecule has 2 rings (SSSR count). The average Bonchev–Trinajstić information content (AvgIpc) is 2.30. The van der Waals surface area contributed by atoms with Crippen LogP contribution in [0.3, 0.4) is 0 Å². The zero-order valence-electron chi connectivity index (χ0n) is 9.31. The van der Waals surface area contributed by atoms with Gasteiger partial charge in [-0.2, -0.15) is 9.83 Å². The Labute approximate surface area is 99.6 Å². The second kappa shape index (κ2) is 5.22. The molecule has 0 amide bonds. The third-order valence-corrected chi connectivity index (χ3v) is 2.44. The first-order chi connectivity index (χ1) is 8.28. The van der Waals surface area contributed by atoms with Crippen LogP contribution in [-0.2, 0) is 13.0 Å². The second-order valence-electron chi connectivity index (χ2n) is 3.86. The molecule has 0 bridgehead atoms. The summed E-state index contributed by atoms with van der Waals surface area (Å²) in [6.07, 6.45) is 3.47. The van der Waals surface area contributed by atoms with Crippen molar-refractivity contribution >= 4 is 0 Å². The van der Waals surface area contributed by atoms with Gasteiger partial charge in [-0.05, 0) is 6.07 Å². The Morgan fingerprint density at radius 2 is 1.88 bits per heavy atom. The number of halogens is 1. The predicted octanol–water partition coefficient (Wildman–Crippen LogP) is 2.23. The van der Waals surface area contributed by atoms with Gasteiger partial charge in [0.15, 0.2) is 18.6 Å². The maximum absolute atomic E-state index is 13.3. The molecule has 84 valence electrons. The van der Waals surface area contributed by atoms with E-state index in [1.807, 2.05) is 36.4 Å². The van der Waals surface area contributed by atoms with E-state index >= 15 is 0 Å². The Hall–Kier alpha value is -2.21. The fraction of sp³-hybridized carbons (Fsp3) is 0.143. The van der Waals surface area contributed by atoms with Crippen LogP contribution in [0.5, 0.6) is 0 Å². The maximum Gasteiger partial charge on any atom is 0.205 e. The number of nitrogens with zero attached hydrogens (tertiary/aromatic N) is 2. The lowest BCUT2D eigenvalue weighted by Crippen LogP contribution is -2.34. The van der Waals surface area contributed by atoms with Gasteiger partial charge in [0.05, 0.1) is 12.5 Å². The highest BCUT2D eigenvalue weighted by Gasteiger charge is 2.08. The minimum Gasteiger partial charge on any atom is -0.200 e. The first-order valence-electron chi connectivity index (χ1n) is 5.37. The van der Waals surface area contributed by atoms with E-state index in [1.54, 1.807) is 10.8 Å². The standard InChI is InChI=1S/C14H12FN2/c15-14-8-13(6-7-16)10-17(11-14)9-12-4-2-1-3-5-12/h1-5,8,10-11H,6,9H2/q+1. The lowest BCUT2D eigenvalue weighted by Gasteiger charge is -1.99. The third kappa shape index (κ3) is 3.12. The van der Waals surface area contributed by atoms with Gasteiger partial charge < -0.3 is 0 Å². The summed E-state index contributed by atoms with van der Waals surface area (Å²) in [5, 5.41) is 8.61. The quantitative estimate of drug-likeness (QED) is 0.739. The monoisotopic (exact) mass is 227 g/mol. The molecule has 0 radical (unpaired) electrons. The molecule has 0 saturated heterocycles. The van der Waals surface area contributed by atoms with Gasteiger partial charge in [-0.15, -0.1) is 0 Å². The van der Waals surface area contributed by atoms with Crippen LogP contribution < -0.4 is 4.57 Å². The summed E-state index contributed by atoms with van der Waals surface area (Å²) < 4.78 is 15.1. The van der Waals surface area contributed by atoms with Crippen LogP contribution in [0.1, 0.15) is 11.1 Å². The van der Waals surface area contributed by atoms with Crippen molar-refractivity contribution in [3.8, 4) is 6.07 Å². The van der Waals surface area contributed by atoms with E-state index in [9.17, 15) is 4.39 Å². The second-order valence-corrected chi connectivity index (χ2v) is 3.86. The molecular weight excluding hydrogens is 215 g/mol. The molecule has 0 aliphatic rings. The molecule has 0 unspecified atom stereocenters. The molecule has 1 heterocycles. The predicted molar refractivity (Wildman–Crippen MR) is 61.5 cm³/mol. The fourth-order valence-electron chi connectivity index (χ4n) is 1.73. The van der Waals surface area contributed by atoms with Crippen LogP contribution in [0.25, 0.3) is 0 Å². The van der Waals surface area contributed by atoms with Crippen molar-refractivity contribution in [2.45, 2.75) is 13.0 Å².